The van der Waals surface area contributed by atoms with Crippen molar-refractivity contribution in [1.29, 1.82) is 0 Å². The molecule has 0 radical (unpaired) electrons. The minimum atomic E-state index is -4.84. The summed E-state index contributed by atoms with van der Waals surface area (Å²) < 4.78 is 89.4. The molecule has 0 aromatic heterocycles. The maximum Gasteiger partial charge on any atom is 0.573 e. The van der Waals surface area contributed by atoms with Crippen molar-refractivity contribution in [3.8, 4) is 17.2 Å². The minimum Gasteiger partial charge on any atom is -0.490 e. The Balaban J connectivity index is 1.37. The van der Waals surface area contributed by atoms with E-state index in [0.717, 1.165) is 44.4 Å². The number of benzene rings is 2. The highest BCUT2D eigenvalue weighted by Gasteiger charge is 2.37. The molecule has 2 fully saturated rings. The second-order valence-corrected chi connectivity index (χ2v) is 11.3. The third-order valence-electron chi connectivity index (χ3n) is 7.45. The van der Waals surface area contributed by atoms with Crippen molar-refractivity contribution in [3.05, 3.63) is 48.5 Å². The van der Waals surface area contributed by atoms with E-state index in [2.05, 4.69) is 42.3 Å². The first-order valence-corrected chi connectivity index (χ1v) is 14.8. The van der Waals surface area contributed by atoms with Crippen LogP contribution in [-0.2, 0) is 4.79 Å². The highest BCUT2D eigenvalue weighted by Crippen LogP contribution is 2.31. The molecule has 16 heteroatoms. The number of piperazine rings is 1. The first kappa shape index (κ1) is 34.4. The number of hydrogen-bond donors (Lipinski definition) is 3. The molecular weight excluding hydrogens is 628 g/mol. The molecule has 1 amide bonds. The molecule has 3 unspecified atom stereocenters. The van der Waals surface area contributed by atoms with Crippen LogP contribution in [0.3, 0.4) is 0 Å². The topological polar surface area (TPSA) is 87.3 Å². The zero-order valence-corrected chi connectivity index (χ0v) is 25.2. The van der Waals surface area contributed by atoms with Crippen molar-refractivity contribution in [3.63, 3.8) is 0 Å². The molecular formula is C29H35F6N5O4S. The van der Waals surface area contributed by atoms with Gasteiger partial charge in [-0.15, -0.1) is 26.3 Å². The quantitative estimate of drug-likeness (QED) is 0.246. The van der Waals surface area contributed by atoms with Crippen LogP contribution in [0.1, 0.15) is 19.3 Å². The molecule has 1 heterocycles. The lowest BCUT2D eigenvalue weighted by atomic mass is 9.82. The number of amides is 1. The van der Waals surface area contributed by atoms with Crippen molar-refractivity contribution in [2.75, 3.05) is 51.6 Å². The van der Waals surface area contributed by atoms with Gasteiger partial charge in [0.1, 0.15) is 23.4 Å². The van der Waals surface area contributed by atoms with Crippen LogP contribution in [0.25, 0.3) is 0 Å². The first-order valence-electron chi connectivity index (χ1n) is 14.4. The predicted octanol–water partition coefficient (Wildman–Crippen LogP) is 4.75. The van der Waals surface area contributed by atoms with Crippen LogP contribution in [-0.4, -0.2) is 92.0 Å². The van der Waals surface area contributed by atoms with E-state index < -0.39 is 36.2 Å². The maximum absolute atomic E-state index is 13.4. The van der Waals surface area contributed by atoms with E-state index in [1.54, 1.807) is 0 Å². The Morgan fingerprint density at radius 2 is 1.56 bits per heavy atom. The molecule has 2 aliphatic rings. The SMILES string of the molecule is CN1CCN(CCNC(=O)C2CC(NC(=S)Nc3cccc(OC(F)(F)F)c3)CCC2Oc2ccc(OC(F)(F)F)cc2)CC1. The molecule has 1 aliphatic carbocycles. The Kier molecular flexibility index (Phi) is 11.6. The number of nitrogens with zero attached hydrogens (tertiary/aromatic N) is 2. The standard InChI is InChI=1S/C29H35F6N5O4S/c1-39-13-15-40(16-14-39)12-11-36-26(41)24-18-20(38-27(45)37-19-3-2-4-23(17-19)44-29(33,34)35)5-10-25(24)42-21-6-8-22(9-7-21)43-28(30,31)32/h2-4,6-9,17,20,24-25H,5,10-16,18H2,1H3,(H,36,41)(H2,37,38,45). The molecule has 2 aromatic carbocycles. The predicted molar refractivity (Wildman–Crippen MR) is 158 cm³/mol. The number of carbonyl (C=O) groups excluding carboxylic acids is 1. The number of halogens is 6. The van der Waals surface area contributed by atoms with Crippen LogP contribution >= 0.6 is 12.2 Å². The number of rotatable bonds is 10. The second-order valence-electron chi connectivity index (χ2n) is 10.9. The number of carbonyl (C=O) groups is 1. The molecule has 2 aromatic rings. The zero-order chi connectivity index (χ0) is 32.6. The van der Waals surface area contributed by atoms with Gasteiger partial charge in [0.25, 0.3) is 0 Å². The van der Waals surface area contributed by atoms with Gasteiger partial charge < -0.3 is 35.1 Å². The average Bonchev–Trinajstić information content (AvgIpc) is 2.94. The summed E-state index contributed by atoms with van der Waals surface area (Å²) in [6.45, 7) is 4.81. The third-order valence-corrected chi connectivity index (χ3v) is 7.67. The van der Waals surface area contributed by atoms with Crippen molar-refractivity contribution in [2.45, 2.75) is 44.1 Å². The third kappa shape index (κ3) is 11.7. The molecule has 3 N–H and O–H groups in total. The van der Waals surface area contributed by atoms with Crippen LogP contribution in [0, 0.1) is 5.92 Å². The van der Waals surface area contributed by atoms with E-state index in [4.69, 9.17) is 17.0 Å². The van der Waals surface area contributed by atoms with E-state index in [1.165, 1.54) is 30.3 Å². The van der Waals surface area contributed by atoms with E-state index in [9.17, 15) is 31.1 Å². The van der Waals surface area contributed by atoms with Gasteiger partial charge in [0, 0.05) is 57.1 Å². The van der Waals surface area contributed by atoms with Crippen LogP contribution in [0.2, 0.25) is 0 Å². The first-order chi connectivity index (χ1) is 21.2. The fraction of sp³-hybridized carbons (Fsp3) is 0.517. The highest BCUT2D eigenvalue weighted by molar-refractivity contribution is 7.80. The summed E-state index contributed by atoms with van der Waals surface area (Å²) in [5.74, 6) is -1.36. The van der Waals surface area contributed by atoms with Crippen molar-refractivity contribution in [1.82, 2.24) is 20.4 Å². The summed E-state index contributed by atoms with van der Waals surface area (Å²) in [5.41, 5.74) is 0.280. The number of nitrogens with one attached hydrogen (secondary N) is 3. The Labute approximate surface area is 262 Å². The molecule has 0 spiro atoms. The fourth-order valence-electron chi connectivity index (χ4n) is 5.25. The highest BCUT2D eigenvalue weighted by atomic mass is 32.1. The van der Waals surface area contributed by atoms with Crippen molar-refractivity contribution in [2.24, 2.45) is 5.92 Å². The Hall–Kier alpha value is -3.50. The summed E-state index contributed by atoms with van der Waals surface area (Å²) in [4.78, 5) is 17.9. The van der Waals surface area contributed by atoms with E-state index in [1.807, 2.05) is 0 Å². The van der Waals surface area contributed by atoms with Gasteiger partial charge >= 0.3 is 12.7 Å². The van der Waals surface area contributed by atoms with Gasteiger partial charge in [-0.2, -0.15) is 0 Å². The average molecular weight is 664 g/mol. The Morgan fingerprint density at radius 3 is 2.22 bits per heavy atom. The molecule has 1 saturated heterocycles. The van der Waals surface area contributed by atoms with Gasteiger partial charge in [0.2, 0.25) is 5.91 Å². The largest absolute Gasteiger partial charge is 0.573 e. The Morgan fingerprint density at radius 1 is 0.911 bits per heavy atom. The lowest BCUT2D eigenvalue weighted by Crippen LogP contribution is -2.51. The number of likely N-dealkylation sites (N-methyl/N-ethyl adjacent to an activating group) is 1. The number of thiocarbonyl (C=S) groups is 1. The van der Waals surface area contributed by atoms with Crippen molar-refractivity contribution >= 4 is 28.9 Å². The second kappa shape index (κ2) is 15.2. The van der Waals surface area contributed by atoms with Gasteiger partial charge in [0.15, 0.2) is 5.11 Å². The van der Waals surface area contributed by atoms with E-state index >= 15 is 0 Å². The molecule has 9 nitrogen and oxygen atoms in total. The summed E-state index contributed by atoms with van der Waals surface area (Å²) in [6.07, 6.45) is -8.96. The maximum atomic E-state index is 13.4. The van der Waals surface area contributed by atoms with E-state index in [-0.39, 0.29) is 28.5 Å². The van der Waals surface area contributed by atoms with Crippen molar-refractivity contribution < 1.29 is 45.3 Å². The summed E-state index contributed by atoms with van der Waals surface area (Å²) in [6, 6.07) is 9.96. The smallest absolute Gasteiger partial charge is 0.490 e. The molecule has 1 aliphatic heterocycles. The monoisotopic (exact) mass is 663 g/mol. The minimum absolute atomic E-state index is 0.151. The van der Waals surface area contributed by atoms with E-state index in [0.29, 0.717) is 32.4 Å². The van der Waals surface area contributed by atoms with Crippen LogP contribution < -0.4 is 30.2 Å². The summed E-state index contributed by atoms with van der Waals surface area (Å²) in [7, 11) is 2.06. The summed E-state index contributed by atoms with van der Waals surface area (Å²) in [5, 5.41) is 9.13. The van der Waals surface area contributed by atoms with Gasteiger partial charge in [0.05, 0.1) is 5.92 Å². The molecule has 45 heavy (non-hydrogen) atoms. The van der Waals surface area contributed by atoms with Gasteiger partial charge in [-0.3, -0.25) is 9.69 Å². The van der Waals surface area contributed by atoms with Gasteiger partial charge in [-0.1, -0.05) is 6.07 Å². The summed E-state index contributed by atoms with van der Waals surface area (Å²) >= 11 is 5.39. The molecule has 0 bridgehead atoms. The lowest BCUT2D eigenvalue weighted by molar-refractivity contribution is -0.275. The molecule has 3 atom stereocenters. The fourth-order valence-corrected chi connectivity index (χ4v) is 5.53. The van der Waals surface area contributed by atoms with Crippen LogP contribution in [0.15, 0.2) is 48.5 Å². The van der Waals surface area contributed by atoms with Gasteiger partial charge in [-0.25, -0.2) is 0 Å². The van der Waals surface area contributed by atoms with Crippen LogP contribution in [0.5, 0.6) is 17.2 Å². The molecule has 1 saturated carbocycles. The molecule has 4 rings (SSSR count). The zero-order valence-electron chi connectivity index (χ0n) is 24.4. The van der Waals surface area contributed by atoms with Crippen LogP contribution in [0.4, 0.5) is 32.0 Å². The number of ether oxygens (including phenoxy) is 3. The molecule has 248 valence electrons. The number of anilines is 1. The number of hydrogen-bond acceptors (Lipinski definition) is 7. The number of alkyl halides is 6. The van der Waals surface area contributed by atoms with Gasteiger partial charge in [-0.05, 0) is 74.9 Å². The Bertz CT molecular complexity index is 1280. The lowest BCUT2D eigenvalue weighted by Gasteiger charge is -2.36. The normalized spacial score (nSPS) is 21.4.